The van der Waals surface area contributed by atoms with Crippen LogP contribution in [0.2, 0.25) is 0 Å². The zero-order valence-corrected chi connectivity index (χ0v) is 18.2. The molecule has 1 unspecified atom stereocenters. The predicted molar refractivity (Wildman–Crippen MR) is 119 cm³/mol. The van der Waals surface area contributed by atoms with Crippen LogP contribution < -0.4 is 5.32 Å². The Morgan fingerprint density at radius 3 is 2.80 bits per heavy atom. The van der Waals surface area contributed by atoms with Crippen molar-refractivity contribution in [2.45, 2.75) is 64.1 Å². The molecule has 3 atom stereocenters. The number of piperidine rings is 1. The maximum atomic E-state index is 12.8. The number of hydrogen-bond donors (Lipinski definition) is 3. The lowest BCUT2D eigenvalue weighted by Crippen LogP contribution is -2.58. The summed E-state index contributed by atoms with van der Waals surface area (Å²) in [6, 6.07) is 7.20. The van der Waals surface area contributed by atoms with Gasteiger partial charge in [-0.15, -0.1) is 0 Å². The topological polar surface area (TPSA) is 71.6 Å². The lowest BCUT2D eigenvalue weighted by atomic mass is 9.73. The third-order valence-electron chi connectivity index (χ3n) is 7.51. The van der Waals surface area contributed by atoms with Gasteiger partial charge in [0.25, 0.3) is 0 Å². The number of rotatable bonds is 6. The smallest absolute Gasteiger partial charge is 0.317 e. The Kier molecular flexibility index (Phi) is 5.23. The SMILES string of the molecule is CCN(CC)C(=O)N[C@H]1CC2c3cccc4[nH]c(CO)c(c34)C[C@H]2N(CC2CC2)C1. The molecule has 1 saturated carbocycles. The number of aromatic nitrogens is 1. The summed E-state index contributed by atoms with van der Waals surface area (Å²) < 4.78 is 0. The molecule has 3 aliphatic rings. The number of amides is 2. The Morgan fingerprint density at radius 1 is 1.30 bits per heavy atom. The molecule has 2 fully saturated rings. The van der Waals surface area contributed by atoms with Crippen LogP contribution >= 0.6 is 0 Å². The van der Waals surface area contributed by atoms with Gasteiger partial charge in [-0.1, -0.05) is 12.1 Å². The van der Waals surface area contributed by atoms with Crippen molar-refractivity contribution in [1.29, 1.82) is 0 Å². The van der Waals surface area contributed by atoms with E-state index < -0.39 is 0 Å². The highest BCUT2D eigenvalue weighted by atomic mass is 16.3. The number of fused-ring (bicyclic) bond motifs is 2. The average Bonchev–Trinajstić information content (AvgIpc) is 3.49. The van der Waals surface area contributed by atoms with E-state index in [-0.39, 0.29) is 18.7 Å². The predicted octanol–water partition coefficient (Wildman–Crippen LogP) is 3.20. The summed E-state index contributed by atoms with van der Waals surface area (Å²) in [6.07, 6.45) is 4.63. The van der Waals surface area contributed by atoms with Gasteiger partial charge < -0.3 is 20.3 Å². The lowest BCUT2D eigenvalue weighted by molar-refractivity contribution is 0.0929. The van der Waals surface area contributed by atoms with E-state index in [2.05, 4.69) is 33.4 Å². The van der Waals surface area contributed by atoms with Gasteiger partial charge >= 0.3 is 6.03 Å². The highest BCUT2D eigenvalue weighted by Crippen LogP contribution is 2.45. The molecule has 30 heavy (non-hydrogen) atoms. The molecule has 6 heteroatoms. The van der Waals surface area contributed by atoms with Crippen LogP contribution in [0.3, 0.4) is 0 Å². The summed E-state index contributed by atoms with van der Waals surface area (Å²) in [6.45, 7) is 7.66. The van der Waals surface area contributed by atoms with Crippen LogP contribution in [-0.2, 0) is 13.0 Å². The minimum Gasteiger partial charge on any atom is -0.390 e. The van der Waals surface area contributed by atoms with Gasteiger partial charge in [0, 0.05) is 60.8 Å². The second-order valence-corrected chi connectivity index (χ2v) is 9.34. The van der Waals surface area contributed by atoms with E-state index >= 15 is 0 Å². The van der Waals surface area contributed by atoms with Gasteiger partial charge in [0.05, 0.1) is 6.61 Å². The van der Waals surface area contributed by atoms with Crippen molar-refractivity contribution in [2.24, 2.45) is 5.92 Å². The van der Waals surface area contributed by atoms with Crippen molar-refractivity contribution >= 4 is 16.9 Å². The van der Waals surface area contributed by atoms with E-state index in [1.165, 1.54) is 29.4 Å². The number of likely N-dealkylation sites (tertiary alicyclic amines) is 1. The molecule has 1 aromatic carbocycles. The molecule has 6 nitrogen and oxygen atoms in total. The summed E-state index contributed by atoms with van der Waals surface area (Å²) >= 11 is 0. The van der Waals surface area contributed by atoms with Gasteiger partial charge in [-0.2, -0.15) is 0 Å². The van der Waals surface area contributed by atoms with Crippen LogP contribution in [0.1, 0.15) is 55.8 Å². The number of hydrogen-bond acceptors (Lipinski definition) is 3. The van der Waals surface area contributed by atoms with Crippen LogP contribution in [0.4, 0.5) is 4.79 Å². The Labute approximate surface area is 178 Å². The van der Waals surface area contributed by atoms with Crippen molar-refractivity contribution in [3.05, 3.63) is 35.0 Å². The maximum absolute atomic E-state index is 12.8. The Hall–Kier alpha value is -2.05. The maximum Gasteiger partial charge on any atom is 0.317 e. The summed E-state index contributed by atoms with van der Waals surface area (Å²) in [5, 5.41) is 14.6. The quantitative estimate of drug-likeness (QED) is 0.685. The van der Waals surface area contributed by atoms with Gasteiger partial charge in [0.15, 0.2) is 0 Å². The number of benzene rings is 1. The molecule has 1 aromatic heterocycles. The summed E-state index contributed by atoms with van der Waals surface area (Å²) in [4.78, 5) is 20.7. The molecular formula is C24H34N4O2. The molecule has 0 radical (unpaired) electrons. The van der Waals surface area contributed by atoms with Crippen LogP contribution in [0.5, 0.6) is 0 Å². The van der Waals surface area contributed by atoms with Crippen molar-refractivity contribution in [1.82, 2.24) is 20.1 Å². The monoisotopic (exact) mass is 410 g/mol. The largest absolute Gasteiger partial charge is 0.390 e. The third-order valence-corrected chi connectivity index (χ3v) is 7.51. The summed E-state index contributed by atoms with van der Waals surface area (Å²) in [5.41, 5.74) is 4.79. The fourth-order valence-electron chi connectivity index (χ4n) is 5.82. The molecule has 0 bridgehead atoms. The number of H-pyrrole nitrogens is 1. The first-order valence-corrected chi connectivity index (χ1v) is 11.7. The number of nitrogens with one attached hydrogen (secondary N) is 2. The van der Waals surface area contributed by atoms with Gasteiger partial charge in [-0.25, -0.2) is 4.79 Å². The first-order chi connectivity index (χ1) is 14.6. The average molecular weight is 411 g/mol. The molecule has 2 aliphatic carbocycles. The van der Waals surface area contributed by atoms with Crippen LogP contribution in [-0.4, -0.2) is 64.2 Å². The van der Waals surface area contributed by atoms with E-state index in [0.717, 1.165) is 56.1 Å². The van der Waals surface area contributed by atoms with Crippen molar-refractivity contribution in [3.63, 3.8) is 0 Å². The molecule has 3 N–H and O–H groups in total. The second-order valence-electron chi connectivity index (χ2n) is 9.34. The van der Waals surface area contributed by atoms with Gasteiger partial charge in [-0.3, -0.25) is 4.90 Å². The molecule has 2 amide bonds. The van der Waals surface area contributed by atoms with E-state index in [1.807, 2.05) is 18.7 Å². The fourth-order valence-corrected chi connectivity index (χ4v) is 5.82. The van der Waals surface area contributed by atoms with Crippen molar-refractivity contribution < 1.29 is 9.90 Å². The van der Waals surface area contributed by atoms with E-state index in [1.54, 1.807) is 0 Å². The minimum atomic E-state index is 0.0615. The first kappa shape index (κ1) is 19.9. The molecule has 5 rings (SSSR count). The number of aliphatic hydroxyl groups is 1. The van der Waals surface area contributed by atoms with Crippen LogP contribution in [0.15, 0.2) is 18.2 Å². The van der Waals surface area contributed by atoms with E-state index in [4.69, 9.17) is 0 Å². The minimum absolute atomic E-state index is 0.0615. The van der Waals surface area contributed by atoms with Gasteiger partial charge in [0.1, 0.15) is 0 Å². The molecular weight excluding hydrogens is 376 g/mol. The lowest BCUT2D eigenvalue weighted by Gasteiger charge is -2.47. The highest BCUT2D eigenvalue weighted by Gasteiger charge is 2.43. The number of aliphatic hydroxyl groups excluding tert-OH is 1. The van der Waals surface area contributed by atoms with Crippen molar-refractivity contribution in [2.75, 3.05) is 26.2 Å². The second kappa shape index (κ2) is 7.89. The zero-order valence-electron chi connectivity index (χ0n) is 18.2. The number of nitrogens with zero attached hydrogens (tertiary/aromatic N) is 2. The number of carbonyl (C=O) groups excluding carboxylic acids is 1. The number of carbonyl (C=O) groups is 1. The summed E-state index contributed by atoms with van der Waals surface area (Å²) in [7, 11) is 0. The first-order valence-electron chi connectivity index (χ1n) is 11.7. The van der Waals surface area contributed by atoms with Crippen LogP contribution in [0.25, 0.3) is 10.9 Å². The summed E-state index contributed by atoms with van der Waals surface area (Å²) in [5.74, 6) is 1.22. The Balaban J connectivity index is 1.48. The molecule has 1 aliphatic heterocycles. The standard InChI is InChI=1S/C24H34N4O2/c1-3-27(4-2)24(30)25-16-10-18-17-6-5-7-20-23(17)19(21(14-29)26-20)11-22(18)28(13-16)12-15-8-9-15/h5-7,15-16,18,22,26,29H,3-4,8-14H2,1-2H3,(H,25,30)/t16-,18?,22+/m0/s1. The van der Waals surface area contributed by atoms with E-state index in [9.17, 15) is 9.90 Å². The number of aromatic amines is 1. The zero-order chi connectivity index (χ0) is 20.8. The Morgan fingerprint density at radius 2 is 2.10 bits per heavy atom. The van der Waals surface area contributed by atoms with Crippen molar-refractivity contribution in [3.8, 4) is 0 Å². The molecule has 0 spiro atoms. The highest BCUT2D eigenvalue weighted by molar-refractivity contribution is 5.89. The van der Waals surface area contributed by atoms with Gasteiger partial charge in [0.2, 0.25) is 0 Å². The fraction of sp³-hybridized carbons (Fsp3) is 0.625. The Bertz CT molecular complexity index is 931. The van der Waals surface area contributed by atoms with E-state index in [0.29, 0.717) is 12.0 Å². The third kappa shape index (κ3) is 3.40. The molecule has 2 aromatic rings. The number of urea groups is 1. The molecule has 1 saturated heterocycles. The van der Waals surface area contributed by atoms with Gasteiger partial charge in [-0.05, 0) is 62.6 Å². The molecule has 2 heterocycles. The molecule has 162 valence electrons. The van der Waals surface area contributed by atoms with Crippen LogP contribution in [0, 0.1) is 5.92 Å². The normalized spacial score (nSPS) is 25.9.